The van der Waals surface area contributed by atoms with Gasteiger partial charge in [-0.2, -0.15) is 0 Å². The van der Waals surface area contributed by atoms with Crippen molar-refractivity contribution < 1.29 is 9.53 Å². The molecule has 0 aliphatic rings. The second-order valence-electron chi connectivity index (χ2n) is 8.11. The van der Waals surface area contributed by atoms with Crippen LogP contribution in [0.4, 0.5) is 0 Å². The summed E-state index contributed by atoms with van der Waals surface area (Å²) in [5.41, 5.74) is 5.51. The monoisotopic (exact) mass is 451 g/mol. The first-order chi connectivity index (χ1) is 15.5. The number of para-hydroxylation sites is 1. The molecule has 0 aliphatic heterocycles. The predicted molar refractivity (Wildman–Crippen MR) is 129 cm³/mol. The molecule has 4 aromatic rings. The number of aromatic nitrogens is 5. The van der Waals surface area contributed by atoms with Gasteiger partial charge in [-0.25, -0.2) is 4.98 Å². The molecular weight excluding hydrogens is 422 g/mol. The van der Waals surface area contributed by atoms with Gasteiger partial charge in [0.25, 0.3) is 0 Å². The van der Waals surface area contributed by atoms with E-state index >= 15 is 0 Å². The molecule has 32 heavy (non-hydrogen) atoms. The van der Waals surface area contributed by atoms with Crippen molar-refractivity contribution in [1.29, 1.82) is 0 Å². The summed E-state index contributed by atoms with van der Waals surface area (Å²) in [6.45, 7) is 9.71. The highest BCUT2D eigenvalue weighted by molar-refractivity contribution is 7.99. The third-order valence-corrected chi connectivity index (χ3v) is 6.61. The minimum absolute atomic E-state index is 0.0664. The van der Waals surface area contributed by atoms with Gasteiger partial charge in [0.05, 0.1) is 23.9 Å². The van der Waals surface area contributed by atoms with Gasteiger partial charge >= 0.3 is 0 Å². The number of nitrogens with zero attached hydrogens (tertiary/aromatic N) is 5. The van der Waals surface area contributed by atoms with Crippen LogP contribution in [0.3, 0.4) is 0 Å². The summed E-state index contributed by atoms with van der Waals surface area (Å²) < 4.78 is 9.64. The van der Waals surface area contributed by atoms with E-state index in [1.165, 1.54) is 11.8 Å². The maximum Gasteiger partial charge on any atom is 0.211 e. The van der Waals surface area contributed by atoms with Gasteiger partial charge in [0, 0.05) is 36.0 Å². The maximum atomic E-state index is 13.0. The number of carbonyl (C=O) groups excluding carboxylic acids is 1. The Labute approximate surface area is 192 Å². The van der Waals surface area contributed by atoms with Crippen molar-refractivity contribution in [2.24, 2.45) is 0 Å². The van der Waals surface area contributed by atoms with Gasteiger partial charge in [0.1, 0.15) is 5.52 Å². The standard InChI is InChI=1S/C24H29N5O2S/c1-6-11-28-20-10-8-7-9-18(20)22-23(28)25-24(27-26-22)32-14-21(30)19-12-15(2)29(17(19)4)16(3)13-31-5/h7-10,12,16H,6,11,13-14H2,1-5H3. The molecule has 1 unspecified atom stereocenters. The third-order valence-electron chi connectivity index (χ3n) is 5.77. The van der Waals surface area contributed by atoms with Crippen LogP contribution in [-0.4, -0.2) is 49.6 Å². The quantitative estimate of drug-likeness (QED) is 0.264. The number of ether oxygens (including phenoxy) is 1. The van der Waals surface area contributed by atoms with Gasteiger partial charge in [0.2, 0.25) is 5.16 Å². The van der Waals surface area contributed by atoms with E-state index in [9.17, 15) is 4.79 Å². The Morgan fingerprint density at radius 1 is 1.22 bits per heavy atom. The van der Waals surface area contributed by atoms with Crippen LogP contribution in [0, 0.1) is 13.8 Å². The summed E-state index contributed by atoms with van der Waals surface area (Å²) in [6, 6.07) is 10.3. The number of thioether (sulfide) groups is 1. The molecule has 168 valence electrons. The Bertz CT molecular complexity index is 1280. The number of aryl methyl sites for hydroxylation is 2. The van der Waals surface area contributed by atoms with Crippen molar-refractivity contribution in [3.8, 4) is 0 Å². The zero-order valence-electron chi connectivity index (χ0n) is 19.3. The van der Waals surface area contributed by atoms with Crippen molar-refractivity contribution >= 4 is 39.6 Å². The molecule has 0 fully saturated rings. The van der Waals surface area contributed by atoms with Gasteiger partial charge in [-0.1, -0.05) is 36.9 Å². The molecule has 0 bridgehead atoms. The van der Waals surface area contributed by atoms with Crippen molar-refractivity contribution in [1.82, 2.24) is 24.3 Å². The molecule has 0 saturated carbocycles. The first kappa shape index (κ1) is 22.5. The van der Waals surface area contributed by atoms with Crippen molar-refractivity contribution in [3.63, 3.8) is 0 Å². The highest BCUT2D eigenvalue weighted by atomic mass is 32.2. The number of fused-ring (bicyclic) bond motifs is 3. The lowest BCUT2D eigenvalue weighted by atomic mass is 10.2. The van der Waals surface area contributed by atoms with Crippen LogP contribution in [-0.2, 0) is 11.3 Å². The van der Waals surface area contributed by atoms with E-state index in [0.717, 1.165) is 52.0 Å². The van der Waals surface area contributed by atoms with Gasteiger partial charge in [-0.15, -0.1) is 10.2 Å². The Balaban J connectivity index is 1.58. The Hall–Kier alpha value is -2.71. The molecule has 0 spiro atoms. The number of methoxy groups -OCH3 is 1. The normalized spacial score (nSPS) is 12.7. The van der Waals surface area contributed by atoms with E-state index in [0.29, 0.717) is 11.8 Å². The molecule has 3 heterocycles. The van der Waals surface area contributed by atoms with Gasteiger partial charge < -0.3 is 13.9 Å². The summed E-state index contributed by atoms with van der Waals surface area (Å²) in [4.78, 5) is 17.8. The largest absolute Gasteiger partial charge is 0.383 e. The van der Waals surface area contributed by atoms with Crippen molar-refractivity contribution in [3.05, 3.63) is 47.3 Å². The summed E-state index contributed by atoms with van der Waals surface area (Å²) in [5, 5.41) is 10.3. The molecule has 0 saturated heterocycles. The molecule has 0 aliphatic carbocycles. The first-order valence-corrected chi connectivity index (χ1v) is 11.9. The zero-order chi connectivity index (χ0) is 22.8. The Morgan fingerprint density at radius 3 is 2.75 bits per heavy atom. The highest BCUT2D eigenvalue weighted by Crippen LogP contribution is 2.28. The lowest BCUT2D eigenvalue weighted by Crippen LogP contribution is -2.14. The molecule has 0 N–H and O–H groups in total. The average molecular weight is 452 g/mol. The van der Waals surface area contributed by atoms with E-state index < -0.39 is 0 Å². The van der Waals surface area contributed by atoms with Gasteiger partial charge in [0.15, 0.2) is 11.4 Å². The van der Waals surface area contributed by atoms with E-state index in [1.54, 1.807) is 7.11 Å². The lowest BCUT2D eigenvalue weighted by Gasteiger charge is -2.17. The molecule has 4 rings (SSSR count). The number of Topliss-reactive ketones (excluding diaryl/α,β-unsaturated/α-hetero) is 1. The zero-order valence-corrected chi connectivity index (χ0v) is 20.1. The fourth-order valence-corrected chi connectivity index (χ4v) is 5.13. The van der Waals surface area contributed by atoms with E-state index in [-0.39, 0.29) is 17.6 Å². The minimum Gasteiger partial charge on any atom is -0.383 e. The van der Waals surface area contributed by atoms with Crippen LogP contribution in [0.2, 0.25) is 0 Å². The molecule has 8 heteroatoms. The first-order valence-electron chi connectivity index (χ1n) is 10.9. The summed E-state index contributed by atoms with van der Waals surface area (Å²) in [7, 11) is 1.69. The third kappa shape index (κ3) is 4.04. The van der Waals surface area contributed by atoms with E-state index in [1.807, 2.05) is 32.0 Å². The summed E-state index contributed by atoms with van der Waals surface area (Å²) in [5.74, 6) is 0.334. The minimum atomic E-state index is 0.0664. The molecule has 7 nitrogen and oxygen atoms in total. The van der Waals surface area contributed by atoms with Crippen LogP contribution >= 0.6 is 11.8 Å². The smallest absolute Gasteiger partial charge is 0.211 e. The summed E-state index contributed by atoms with van der Waals surface area (Å²) in [6.07, 6.45) is 0.996. The van der Waals surface area contributed by atoms with E-state index in [2.05, 4.69) is 45.3 Å². The fraction of sp³-hybridized carbons (Fsp3) is 0.417. The Morgan fingerprint density at radius 2 is 2.00 bits per heavy atom. The van der Waals surface area contributed by atoms with Gasteiger partial charge in [-0.3, -0.25) is 4.79 Å². The number of rotatable bonds is 9. The van der Waals surface area contributed by atoms with Crippen molar-refractivity contribution in [2.45, 2.75) is 51.9 Å². The number of hydrogen-bond acceptors (Lipinski definition) is 6. The Kier molecular flexibility index (Phi) is 6.62. The van der Waals surface area contributed by atoms with Crippen LogP contribution in [0.15, 0.2) is 35.5 Å². The molecule has 0 radical (unpaired) electrons. The number of benzene rings is 1. The molecule has 1 atom stereocenters. The predicted octanol–water partition coefficient (Wildman–Crippen LogP) is 4.99. The topological polar surface area (TPSA) is 74.8 Å². The van der Waals surface area contributed by atoms with Crippen LogP contribution < -0.4 is 0 Å². The SMILES string of the molecule is CCCn1c2ccccc2c2nnc(SCC(=O)c3cc(C)n(C(C)COC)c3C)nc21. The van der Waals surface area contributed by atoms with Crippen LogP contribution in [0.1, 0.15) is 48.1 Å². The van der Waals surface area contributed by atoms with Crippen LogP contribution in [0.5, 0.6) is 0 Å². The maximum absolute atomic E-state index is 13.0. The second-order valence-corrected chi connectivity index (χ2v) is 9.05. The van der Waals surface area contributed by atoms with Gasteiger partial charge in [-0.05, 0) is 39.3 Å². The number of carbonyl (C=O) groups is 1. The molecular formula is C24H29N5O2S. The average Bonchev–Trinajstić information content (AvgIpc) is 3.26. The molecule has 1 aromatic carbocycles. The molecule has 0 amide bonds. The number of ketones is 1. The number of hydrogen-bond donors (Lipinski definition) is 0. The fourth-order valence-electron chi connectivity index (χ4n) is 4.46. The highest BCUT2D eigenvalue weighted by Gasteiger charge is 2.20. The van der Waals surface area contributed by atoms with Crippen molar-refractivity contribution in [2.75, 3.05) is 19.5 Å². The second kappa shape index (κ2) is 9.42. The molecule has 3 aromatic heterocycles. The lowest BCUT2D eigenvalue weighted by molar-refractivity contribution is 0.102. The van der Waals surface area contributed by atoms with Crippen LogP contribution in [0.25, 0.3) is 22.1 Å². The summed E-state index contributed by atoms with van der Waals surface area (Å²) >= 11 is 1.34. The van der Waals surface area contributed by atoms with E-state index in [4.69, 9.17) is 9.72 Å².